The summed E-state index contributed by atoms with van der Waals surface area (Å²) in [5.41, 5.74) is 6.57. The van der Waals surface area contributed by atoms with Crippen LogP contribution in [0.2, 0.25) is 10.0 Å². The minimum Gasteiger partial charge on any atom is -0.425 e. The SMILES string of the molecule is Cc1nnc(C(CN)c2ccc(Cl)cc2Cl)o1. The van der Waals surface area contributed by atoms with Gasteiger partial charge in [-0.25, -0.2) is 0 Å². The molecule has 0 radical (unpaired) electrons. The Morgan fingerprint density at radius 2 is 2.12 bits per heavy atom. The quantitative estimate of drug-likeness (QED) is 0.933. The largest absolute Gasteiger partial charge is 0.425 e. The number of aromatic nitrogens is 2. The van der Waals surface area contributed by atoms with Crippen molar-refractivity contribution in [2.45, 2.75) is 12.8 Å². The molecule has 90 valence electrons. The molecule has 0 aliphatic rings. The molecule has 1 unspecified atom stereocenters. The second kappa shape index (κ2) is 5.04. The summed E-state index contributed by atoms with van der Waals surface area (Å²) in [6, 6.07) is 5.25. The molecule has 0 fully saturated rings. The van der Waals surface area contributed by atoms with Gasteiger partial charge in [-0.05, 0) is 17.7 Å². The van der Waals surface area contributed by atoms with Crippen LogP contribution in [-0.4, -0.2) is 16.7 Å². The number of aryl methyl sites for hydroxylation is 1. The van der Waals surface area contributed by atoms with Crippen molar-refractivity contribution in [2.75, 3.05) is 6.54 Å². The molecule has 0 bridgehead atoms. The zero-order chi connectivity index (χ0) is 12.4. The van der Waals surface area contributed by atoms with Crippen LogP contribution in [0.25, 0.3) is 0 Å². The minimum absolute atomic E-state index is 0.207. The summed E-state index contributed by atoms with van der Waals surface area (Å²) in [7, 11) is 0. The molecule has 0 spiro atoms. The molecule has 2 aromatic rings. The standard InChI is InChI=1S/C11H11Cl2N3O/c1-6-15-16-11(17-6)9(5-14)8-3-2-7(12)4-10(8)13/h2-4,9H,5,14H2,1H3. The van der Waals surface area contributed by atoms with Crippen molar-refractivity contribution in [3.05, 3.63) is 45.6 Å². The molecule has 2 rings (SSSR count). The van der Waals surface area contributed by atoms with Crippen LogP contribution < -0.4 is 5.73 Å². The van der Waals surface area contributed by atoms with E-state index in [9.17, 15) is 0 Å². The third-order valence-electron chi connectivity index (χ3n) is 2.41. The van der Waals surface area contributed by atoms with Gasteiger partial charge in [0.05, 0.1) is 5.92 Å². The first-order valence-electron chi connectivity index (χ1n) is 5.07. The first-order valence-corrected chi connectivity index (χ1v) is 5.82. The van der Waals surface area contributed by atoms with Crippen molar-refractivity contribution in [1.29, 1.82) is 0 Å². The number of hydrogen-bond donors (Lipinski definition) is 1. The van der Waals surface area contributed by atoms with Gasteiger partial charge < -0.3 is 10.2 Å². The van der Waals surface area contributed by atoms with Gasteiger partial charge in [-0.1, -0.05) is 29.3 Å². The normalized spacial score (nSPS) is 12.7. The Morgan fingerprint density at radius 3 is 2.65 bits per heavy atom. The zero-order valence-corrected chi connectivity index (χ0v) is 10.7. The maximum atomic E-state index is 6.13. The fraction of sp³-hybridized carbons (Fsp3) is 0.273. The molecular formula is C11H11Cl2N3O. The summed E-state index contributed by atoms with van der Waals surface area (Å²) >= 11 is 12.0. The van der Waals surface area contributed by atoms with Crippen LogP contribution in [0.5, 0.6) is 0 Å². The van der Waals surface area contributed by atoms with Crippen LogP contribution in [-0.2, 0) is 0 Å². The van der Waals surface area contributed by atoms with Gasteiger partial charge in [-0.15, -0.1) is 10.2 Å². The lowest BCUT2D eigenvalue weighted by Crippen LogP contribution is -2.14. The average molecular weight is 272 g/mol. The van der Waals surface area contributed by atoms with Crippen LogP contribution in [0.3, 0.4) is 0 Å². The molecule has 17 heavy (non-hydrogen) atoms. The summed E-state index contributed by atoms with van der Waals surface area (Å²) < 4.78 is 5.38. The van der Waals surface area contributed by atoms with E-state index in [2.05, 4.69) is 10.2 Å². The van der Waals surface area contributed by atoms with E-state index in [0.717, 1.165) is 5.56 Å². The monoisotopic (exact) mass is 271 g/mol. The molecule has 4 nitrogen and oxygen atoms in total. The van der Waals surface area contributed by atoms with Gasteiger partial charge >= 0.3 is 0 Å². The first-order chi connectivity index (χ1) is 8.11. The summed E-state index contributed by atoms with van der Waals surface area (Å²) in [5.74, 6) is 0.763. The molecule has 1 aromatic carbocycles. The number of nitrogens with two attached hydrogens (primary N) is 1. The predicted octanol–water partition coefficient (Wildman–Crippen LogP) is 2.78. The van der Waals surface area contributed by atoms with E-state index in [1.54, 1.807) is 19.1 Å². The van der Waals surface area contributed by atoms with Crippen LogP contribution in [0, 0.1) is 6.92 Å². The lowest BCUT2D eigenvalue weighted by atomic mass is 9.99. The van der Waals surface area contributed by atoms with Gasteiger partial charge in [0.25, 0.3) is 0 Å². The first kappa shape index (κ1) is 12.4. The summed E-state index contributed by atoms with van der Waals surface area (Å²) in [4.78, 5) is 0. The maximum absolute atomic E-state index is 6.13. The molecule has 0 saturated carbocycles. The minimum atomic E-state index is -0.207. The Balaban J connectivity index is 2.42. The fourth-order valence-electron chi connectivity index (χ4n) is 1.60. The molecule has 1 aromatic heterocycles. The average Bonchev–Trinajstić information content (AvgIpc) is 2.69. The highest BCUT2D eigenvalue weighted by Gasteiger charge is 2.21. The smallest absolute Gasteiger partial charge is 0.225 e. The van der Waals surface area contributed by atoms with E-state index in [0.29, 0.717) is 28.4 Å². The number of rotatable bonds is 3. The van der Waals surface area contributed by atoms with Gasteiger partial charge in [-0.3, -0.25) is 0 Å². The fourth-order valence-corrected chi connectivity index (χ4v) is 2.14. The zero-order valence-electron chi connectivity index (χ0n) is 9.15. The van der Waals surface area contributed by atoms with Crippen molar-refractivity contribution >= 4 is 23.2 Å². The second-order valence-electron chi connectivity index (χ2n) is 3.61. The van der Waals surface area contributed by atoms with Crippen molar-refractivity contribution in [2.24, 2.45) is 5.73 Å². The van der Waals surface area contributed by atoms with Crippen LogP contribution in [0.4, 0.5) is 0 Å². The van der Waals surface area contributed by atoms with Gasteiger partial charge in [0.2, 0.25) is 11.8 Å². The molecule has 0 aliphatic heterocycles. The van der Waals surface area contributed by atoms with Crippen LogP contribution in [0.15, 0.2) is 22.6 Å². The highest BCUT2D eigenvalue weighted by Crippen LogP contribution is 2.30. The maximum Gasteiger partial charge on any atom is 0.225 e. The molecule has 1 heterocycles. The van der Waals surface area contributed by atoms with Crippen molar-refractivity contribution in [3.8, 4) is 0 Å². The van der Waals surface area contributed by atoms with E-state index in [4.69, 9.17) is 33.4 Å². The van der Waals surface area contributed by atoms with Crippen molar-refractivity contribution in [3.63, 3.8) is 0 Å². The number of hydrogen-bond acceptors (Lipinski definition) is 4. The summed E-state index contributed by atoms with van der Waals surface area (Å²) in [5, 5.41) is 8.88. The molecular weight excluding hydrogens is 261 g/mol. The van der Waals surface area contributed by atoms with Crippen molar-refractivity contribution < 1.29 is 4.42 Å². The topological polar surface area (TPSA) is 64.9 Å². The van der Waals surface area contributed by atoms with Crippen molar-refractivity contribution in [1.82, 2.24) is 10.2 Å². The van der Waals surface area contributed by atoms with E-state index < -0.39 is 0 Å². The lowest BCUT2D eigenvalue weighted by molar-refractivity contribution is 0.449. The number of halogens is 2. The molecule has 0 amide bonds. The third-order valence-corrected chi connectivity index (χ3v) is 2.98. The Morgan fingerprint density at radius 1 is 1.35 bits per heavy atom. The Kier molecular flexibility index (Phi) is 3.66. The highest BCUT2D eigenvalue weighted by atomic mass is 35.5. The summed E-state index contributed by atoms with van der Waals surface area (Å²) in [6.07, 6.45) is 0. The number of benzene rings is 1. The van der Waals surface area contributed by atoms with E-state index in [1.165, 1.54) is 0 Å². The van der Waals surface area contributed by atoms with E-state index in [-0.39, 0.29) is 5.92 Å². The van der Waals surface area contributed by atoms with Gasteiger partial charge in [0, 0.05) is 23.5 Å². The van der Waals surface area contributed by atoms with E-state index >= 15 is 0 Å². The van der Waals surface area contributed by atoms with Gasteiger partial charge in [0.15, 0.2) is 0 Å². The Bertz CT molecular complexity index is 527. The Hall–Kier alpha value is -1.10. The highest BCUT2D eigenvalue weighted by molar-refractivity contribution is 6.35. The van der Waals surface area contributed by atoms with Gasteiger partial charge in [0.1, 0.15) is 0 Å². The molecule has 0 aliphatic carbocycles. The second-order valence-corrected chi connectivity index (χ2v) is 4.46. The molecule has 0 saturated heterocycles. The molecule has 2 N–H and O–H groups in total. The third kappa shape index (κ3) is 2.60. The van der Waals surface area contributed by atoms with Gasteiger partial charge in [-0.2, -0.15) is 0 Å². The van der Waals surface area contributed by atoms with Crippen LogP contribution >= 0.6 is 23.2 Å². The summed E-state index contributed by atoms with van der Waals surface area (Å²) in [6.45, 7) is 2.07. The Labute approximate surface area is 109 Å². The lowest BCUT2D eigenvalue weighted by Gasteiger charge is -2.12. The predicted molar refractivity (Wildman–Crippen MR) is 66.4 cm³/mol. The molecule has 6 heteroatoms. The number of nitrogens with zero attached hydrogens (tertiary/aromatic N) is 2. The van der Waals surface area contributed by atoms with Crippen LogP contribution in [0.1, 0.15) is 23.3 Å². The molecule has 1 atom stereocenters. The van der Waals surface area contributed by atoms with E-state index in [1.807, 2.05) is 6.07 Å².